The number of hydrogen-bond donors (Lipinski definition) is 2. The molecule has 1 aromatic heterocycles. The zero-order chi connectivity index (χ0) is 12.8. The first-order valence-corrected chi connectivity index (χ1v) is 4.94. The van der Waals surface area contributed by atoms with Crippen molar-refractivity contribution in [3.63, 3.8) is 0 Å². The van der Waals surface area contributed by atoms with Crippen LogP contribution in [0.3, 0.4) is 0 Å². The van der Waals surface area contributed by atoms with Crippen LogP contribution in [0.5, 0.6) is 0 Å². The minimum absolute atomic E-state index is 0.0489. The molecule has 0 saturated carbocycles. The van der Waals surface area contributed by atoms with Crippen LogP contribution in [0.4, 0.5) is 14.6 Å². The number of hydrogen-bond acceptors (Lipinski definition) is 4. The van der Waals surface area contributed by atoms with Gasteiger partial charge in [-0.25, -0.2) is 13.8 Å². The van der Waals surface area contributed by atoms with Gasteiger partial charge in [-0.1, -0.05) is 0 Å². The number of carbonyl (C=O) groups excluding carboxylic acids is 1. The van der Waals surface area contributed by atoms with Crippen LogP contribution in [-0.2, 0) is 0 Å². The van der Waals surface area contributed by atoms with E-state index in [9.17, 15) is 13.6 Å². The van der Waals surface area contributed by atoms with Crippen LogP contribution in [0.1, 0.15) is 10.4 Å². The number of pyridine rings is 1. The molecule has 0 radical (unpaired) electrons. The number of carbonyl (C=O) groups is 1. The van der Waals surface area contributed by atoms with Gasteiger partial charge in [-0.15, -0.1) is 0 Å². The van der Waals surface area contributed by atoms with Gasteiger partial charge < -0.3 is 15.7 Å². The second kappa shape index (κ2) is 6.09. The smallest absolute Gasteiger partial charge is 0.255 e. The lowest BCUT2D eigenvalue weighted by Gasteiger charge is -2.22. The Hall–Kier alpha value is -1.76. The molecule has 3 N–H and O–H groups in total. The Morgan fingerprint density at radius 3 is 2.65 bits per heavy atom. The average molecular weight is 245 g/mol. The van der Waals surface area contributed by atoms with Gasteiger partial charge in [0.25, 0.3) is 6.43 Å². The normalized spacial score (nSPS) is 10.6. The summed E-state index contributed by atoms with van der Waals surface area (Å²) in [7, 11) is 0. The van der Waals surface area contributed by atoms with Crippen LogP contribution in [0.15, 0.2) is 18.3 Å². The second-order valence-corrected chi connectivity index (χ2v) is 3.33. The summed E-state index contributed by atoms with van der Waals surface area (Å²) in [5.41, 5.74) is 5.23. The fourth-order valence-corrected chi connectivity index (χ4v) is 1.31. The highest BCUT2D eigenvalue weighted by Gasteiger charge is 2.13. The second-order valence-electron chi connectivity index (χ2n) is 3.33. The first kappa shape index (κ1) is 13.3. The quantitative estimate of drug-likeness (QED) is 0.752. The zero-order valence-corrected chi connectivity index (χ0v) is 9.01. The maximum Gasteiger partial charge on any atom is 0.255 e. The number of amides is 1. The molecule has 1 heterocycles. The predicted molar refractivity (Wildman–Crippen MR) is 58.1 cm³/mol. The Bertz CT molecular complexity index is 370. The average Bonchev–Trinajstić information content (AvgIpc) is 2.28. The predicted octanol–water partition coefficient (Wildman–Crippen LogP) is 0.244. The van der Waals surface area contributed by atoms with E-state index in [1.807, 2.05) is 0 Å². The van der Waals surface area contributed by atoms with Crippen LogP contribution in [0.25, 0.3) is 0 Å². The monoisotopic (exact) mass is 245 g/mol. The molecule has 0 unspecified atom stereocenters. The lowest BCUT2D eigenvalue weighted by molar-refractivity contribution is 0.1000. The van der Waals surface area contributed by atoms with Gasteiger partial charge in [0.1, 0.15) is 5.82 Å². The molecule has 0 saturated heterocycles. The Balaban J connectivity index is 2.83. The van der Waals surface area contributed by atoms with Gasteiger partial charge in [-0.2, -0.15) is 0 Å². The van der Waals surface area contributed by atoms with Gasteiger partial charge >= 0.3 is 0 Å². The van der Waals surface area contributed by atoms with Crippen molar-refractivity contribution >= 4 is 11.7 Å². The molecule has 7 heteroatoms. The number of halogens is 2. The van der Waals surface area contributed by atoms with Crippen molar-refractivity contribution in [2.45, 2.75) is 6.43 Å². The third-order valence-electron chi connectivity index (χ3n) is 2.08. The van der Waals surface area contributed by atoms with Crippen LogP contribution >= 0.6 is 0 Å². The van der Waals surface area contributed by atoms with Gasteiger partial charge in [0, 0.05) is 12.7 Å². The van der Waals surface area contributed by atoms with Crippen LogP contribution in [0.2, 0.25) is 0 Å². The maximum absolute atomic E-state index is 12.3. The molecular formula is C10H13F2N3O2. The number of aromatic nitrogens is 1. The molecule has 5 nitrogen and oxygen atoms in total. The highest BCUT2D eigenvalue weighted by atomic mass is 19.3. The molecule has 1 aromatic rings. The molecule has 0 aromatic carbocycles. The fourth-order valence-electron chi connectivity index (χ4n) is 1.31. The highest BCUT2D eigenvalue weighted by molar-refractivity contribution is 5.92. The van der Waals surface area contributed by atoms with E-state index in [0.29, 0.717) is 0 Å². The van der Waals surface area contributed by atoms with E-state index in [0.717, 1.165) is 0 Å². The Morgan fingerprint density at radius 1 is 1.53 bits per heavy atom. The van der Waals surface area contributed by atoms with E-state index in [1.165, 1.54) is 23.2 Å². The van der Waals surface area contributed by atoms with Crippen molar-refractivity contribution in [1.82, 2.24) is 4.98 Å². The van der Waals surface area contributed by atoms with E-state index in [-0.39, 0.29) is 24.5 Å². The molecular weight excluding hydrogens is 232 g/mol. The number of primary amides is 1. The number of nitrogens with zero attached hydrogens (tertiary/aromatic N) is 2. The summed E-state index contributed by atoms with van der Waals surface area (Å²) < 4.78 is 24.6. The topological polar surface area (TPSA) is 79.5 Å². The lowest BCUT2D eigenvalue weighted by atomic mass is 10.2. The first-order chi connectivity index (χ1) is 8.04. The molecule has 0 aliphatic carbocycles. The van der Waals surface area contributed by atoms with Gasteiger partial charge in [-0.3, -0.25) is 4.79 Å². The van der Waals surface area contributed by atoms with Crippen molar-refractivity contribution in [1.29, 1.82) is 0 Å². The van der Waals surface area contributed by atoms with Crippen molar-refractivity contribution in [3.8, 4) is 0 Å². The number of anilines is 1. The van der Waals surface area contributed by atoms with E-state index in [2.05, 4.69) is 4.98 Å². The van der Waals surface area contributed by atoms with Crippen LogP contribution < -0.4 is 10.6 Å². The first-order valence-electron chi connectivity index (χ1n) is 4.94. The third kappa shape index (κ3) is 3.95. The standard InChI is InChI=1S/C10H13F2N3O2/c11-8(12)6-15(3-4-16)9-2-1-7(5-14-9)10(13)17/h1-2,5,8,16H,3-4,6H2,(H2,13,17). The number of aliphatic hydroxyl groups excluding tert-OH is 1. The number of alkyl halides is 2. The minimum Gasteiger partial charge on any atom is -0.395 e. The summed E-state index contributed by atoms with van der Waals surface area (Å²) in [4.78, 5) is 15.9. The molecule has 0 aliphatic rings. The lowest BCUT2D eigenvalue weighted by Crippen LogP contribution is -2.32. The Morgan fingerprint density at radius 2 is 2.24 bits per heavy atom. The highest BCUT2D eigenvalue weighted by Crippen LogP contribution is 2.12. The van der Waals surface area contributed by atoms with E-state index >= 15 is 0 Å². The van der Waals surface area contributed by atoms with E-state index in [1.54, 1.807) is 0 Å². The SMILES string of the molecule is NC(=O)c1ccc(N(CCO)CC(F)F)nc1. The fraction of sp³-hybridized carbons (Fsp3) is 0.400. The molecule has 94 valence electrons. The zero-order valence-electron chi connectivity index (χ0n) is 9.01. The van der Waals surface area contributed by atoms with Gasteiger partial charge in [-0.05, 0) is 12.1 Å². The van der Waals surface area contributed by atoms with E-state index < -0.39 is 18.9 Å². The minimum atomic E-state index is -2.53. The van der Waals surface area contributed by atoms with Crippen molar-refractivity contribution < 1.29 is 18.7 Å². The number of nitrogens with two attached hydrogens (primary N) is 1. The van der Waals surface area contributed by atoms with Crippen LogP contribution in [-0.4, -0.2) is 42.1 Å². The largest absolute Gasteiger partial charge is 0.395 e. The van der Waals surface area contributed by atoms with Crippen molar-refractivity contribution in [3.05, 3.63) is 23.9 Å². The third-order valence-corrected chi connectivity index (χ3v) is 2.08. The number of aliphatic hydroxyl groups is 1. The number of rotatable bonds is 6. The molecule has 0 fully saturated rings. The molecule has 1 rings (SSSR count). The molecule has 17 heavy (non-hydrogen) atoms. The molecule has 0 atom stereocenters. The summed E-state index contributed by atoms with van der Waals surface area (Å²) in [5.74, 6) is -0.365. The van der Waals surface area contributed by atoms with Crippen LogP contribution in [0, 0.1) is 0 Å². The van der Waals surface area contributed by atoms with Gasteiger partial charge in [0.05, 0.1) is 18.7 Å². The Labute approximate surface area is 96.9 Å². The molecule has 0 bridgehead atoms. The summed E-state index contributed by atoms with van der Waals surface area (Å²) >= 11 is 0. The summed E-state index contributed by atoms with van der Waals surface area (Å²) in [5, 5.41) is 8.77. The Kier molecular flexibility index (Phi) is 4.77. The molecule has 0 spiro atoms. The molecule has 0 aliphatic heterocycles. The maximum atomic E-state index is 12.3. The summed E-state index contributed by atoms with van der Waals surface area (Å²) in [6.07, 6.45) is -1.31. The molecule has 1 amide bonds. The van der Waals surface area contributed by atoms with Crippen molar-refractivity contribution in [2.75, 3.05) is 24.6 Å². The summed E-state index contributed by atoms with van der Waals surface area (Å²) in [6.45, 7) is -0.733. The van der Waals surface area contributed by atoms with Gasteiger partial charge in [0.15, 0.2) is 0 Å². The van der Waals surface area contributed by atoms with E-state index in [4.69, 9.17) is 10.8 Å². The van der Waals surface area contributed by atoms with Gasteiger partial charge in [0.2, 0.25) is 5.91 Å². The summed E-state index contributed by atoms with van der Waals surface area (Å²) in [6, 6.07) is 2.82. The van der Waals surface area contributed by atoms with Crippen molar-refractivity contribution in [2.24, 2.45) is 5.73 Å².